The third-order valence-corrected chi connectivity index (χ3v) is 4.01. The van der Waals surface area contributed by atoms with Crippen LogP contribution in [0.3, 0.4) is 0 Å². The summed E-state index contributed by atoms with van der Waals surface area (Å²) in [6, 6.07) is 3.54. The largest absolute Gasteiger partial charge is 0.480 e. The van der Waals surface area contributed by atoms with E-state index in [1.165, 1.54) is 11.8 Å². The summed E-state index contributed by atoms with van der Waals surface area (Å²) in [6.07, 6.45) is 5.39. The van der Waals surface area contributed by atoms with Crippen molar-refractivity contribution in [2.75, 3.05) is 5.75 Å². The highest BCUT2D eigenvalue weighted by molar-refractivity contribution is 8.00. The molecule has 3 nitrogen and oxygen atoms in total. The van der Waals surface area contributed by atoms with Crippen molar-refractivity contribution >= 4 is 17.7 Å². The fourth-order valence-corrected chi connectivity index (χ4v) is 2.63. The van der Waals surface area contributed by atoms with E-state index in [1.807, 2.05) is 0 Å². The Morgan fingerprint density at radius 2 is 2.12 bits per heavy atom. The van der Waals surface area contributed by atoms with E-state index in [2.05, 4.69) is 11.9 Å². The quantitative estimate of drug-likeness (QED) is 0.775. The second kappa shape index (κ2) is 5.89. The zero-order valence-electron chi connectivity index (χ0n) is 9.64. The van der Waals surface area contributed by atoms with E-state index in [4.69, 9.17) is 0 Å². The van der Waals surface area contributed by atoms with Crippen LogP contribution in [-0.4, -0.2) is 21.8 Å². The molecule has 0 spiro atoms. The Morgan fingerprint density at radius 1 is 1.50 bits per heavy atom. The second-order valence-corrected chi connectivity index (χ2v) is 5.29. The van der Waals surface area contributed by atoms with E-state index in [9.17, 15) is 9.90 Å². The Morgan fingerprint density at radius 3 is 2.62 bits per heavy atom. The first-order valence-electron chi connectivity index (χ1n) is 5.39. The van der Waals surface area contributed by atoms with Crippen LogP contribution in [0.25, 0.3) is 0 Å². The van der Waals surface area contributed by atoms with E-state index in [0.717, 1.165) is 24.2 Å². The van der Waals surface area contributed by atoms with Crippen LogP contribution in [0.15, 0.2) is 24.5 Å². The summed E-state index contributed by atoms with van der Waals surface area (Å²) in [6.45, 7) is 3.86. The number of unbranched alkanes of at least 4 members (excludes halogenated alkanes) is 1. The van der Waals surface area contributed by atoms with Crippen LogP contribution in [0.2, 0.25) is 0 Å². The molecule has 0 saturated heterocycles. The Labute approximate surface area is 100 Å². The zero-order chi connectivity index (χ0) is 12.0. The van der Waals surface area contributed by atoms with Crippen LogP contribution in [0.4, 0.5) is 0 Å². The third-order valence-electron chi connectivity index (χ3n) is 2.53. The molecule has 88 valence electrons. The van der Waals surface area contributed by atoms with Gasteiger partial charge in [0, 0.05) is 12.4 Å². The molecule has 16 heavy (non-hydrogen) atoms. The second-order valence-electron chi connectivity index (χ2n) is 3.78. The summed E-state index contributed by atoms with van der Waals surface area (Å²) in [5.74, 6) is 0.0709. The average molecular weight is 239 g/mol. The number of carbonyl (C=O) groups is 1. The monoisotopic (exact) mass is 239 g/mol. The molecule has 1 aromatic heterocycles. The van der Waals surface area contributed by atoms with Crippen molar-refractivity contribution in [3.8, 4) is 0 Å². The van der Waals surface area contributed by atoms with Gasteiger partial charge in [0.1, 0.15) is 4.75 Å². The Bertz CT molecular complexity index is 342. The lowest BCUT2D eigenvalue weighted by atomic mass is 10.0. The maximum absolute atomic E-state index is 11.4. The Hall–Kier alpha value is -1.03. The summed E-state index contributed by atoms with van der Waals surface area (Å²) < 4.78 is -0.863. The van der Waals surface area contributed by atoms with Gasteiger partial charge in [-0.25, -0.2) is 0 Å². The van der Waals surface area contributed by atoms with Gasteiger partial charge in [0.15, 0.2) is 0 Å². The SMILES string of the molecule is CCCCSC(C)(C(=O)O)c1ccncc1. The molecule has 0 aliphatic rings. The van der Waals surface area contributed by atoms with Crippen molar-refractivity contribution in [2.24, 2.45) is 0 Å². The average Bonchev–Trinajstić information content (AvgIpc) is 2.30. The molecule has 1 N–H and O–H groups in total. The lowest BCUT2D eigenvalue weighted by Gasteiger charge is -2.24. The van der Waals surface area contributed by atoms with Crippen LogP contribution < -0.4 is 0 Å². The van der Waals surface area contributed by atoms with Gasteiger partial charge in [-0.05, 0) is 36.8 Å². The number of nitrogens with zero attached hydrogens (tertiary/aromatic N) is 1. The van der Waals surface area contributed by atoms with E-state index in [-0.39, 0.29) is 0 Å². The molecular weight excluding hydrogens is 222 g/mol. The van der Waals surface area contributed by atoms with Gasteiger partial charge in [-0.3, -0.25) is 9.78 Å². The minimum atomic E-state index is -0.863. The lowest BCUT2D eigenvalue weighted by Crippen LogP contribution is -2.29. The topological polar surface area (TPSA) is 50.2 Å². The van der Waals surface area contributed by atoms with E-state index < -0.39 is 10.7 Å². The van der Waals surface area contributed by atoms with Gasteiger partial charge in [-0.1, -0.05) is 13.3 Å². The van der Waals surface area contributed by atoms with Crippen molar-refractivity contribution in [3.63, 3.8) is 0 Å². The number of pyridine rings is 1. The summed E-state index contributed by atoms with van der Waals surface area (Å²) in [5, 5.41) is 9.34. The van der Waals surface area contributed by atoms with Gasteiger partial charge in [0.25, 0.3) is 0 Å². The van der Waals surface area contributed by atoms with Crippen LogP contribution in [0.5, 0.6) is 0 Å². The minimum absolute atomic E-state index is 0.792. The summed E-state index contributed by atoms with van der Waals surface area (Å²) in [7, 11) is 0. The van der Waals surface area contributed by atoms with Gasteiger partial charge in [0.2, 0.25) is 0 Å². The number of hydrogen-bond acceptors (Lipinski definition) is 3. The molecule has 0 aromatic carbocycles. The zero-order valence-corrected chi connectivity index (χ0v) is 10.5. The lowest BCUT2D eigenvalue weighted by molar-refractivity contribution is -0.139. The number of thioether (sulfide) groups is 1. The van der Waals surface area contributed by atoms with E-state index >= 15 is 0 Å². The van der Waals surface area contributed by atoms with Gasteiger partial charge >= 0.3 is 5.97 Å². The Balaban J connectivity index is 2.85. The third kappa shape index (κ3) is 2.98. The number of hydrogen-bond donors (Lipinski definition) is 1. The molecule has 1 unspecified atom stereocenters. The van der Waals surface area contributed by atoms with Crippen LogP contribution in [-0.2, 0) is 9.54 Å². The first-order chi connectivity index (χ1) is 7.61. The molecule has 0 fully saturated rings. The van der Waals surface area contributed by atoms with Crippen molar-refractivity contribution in [3.05, 3.63) is 30.1 Å². The maximum Gasteiger partial charge on any atom is 0.324 e. The fourth-order valence-electron chi connectivity index (χ4n) is 1.36. The van der Waals surface area contributed by atoms with Crippen molar-refractivity contribution in [2.45, 2.75) is 31.4 Å². The number of rotatable bonds is 6. The Kier molecular flexibility index (Phi) is 4.80. The number of aromatic nitrogens is 1. The predicted octanol–water partition coefficient (Wildman–Crippen LogP) is 2.91. The number of carboxylic acid groups (broad SMARTS) is 1. The number of carboxylic acids is 1. The summed E-state index contributed by atoms with van der Waals surface area (Å²) in [5.41, 5.74) is 0.802. The van der Waals surface area contributed by atoms with Gasteiger partial charge in [0.05, 0.1) is 0 Å². The predicted molar refractivity (Wildman–Crippen MR) is 66.6 cm³/mol. The highest BCUT2D eigenvalue weighted by atomic mass is 32.2. The van der Waals surface area contributed by atoms with Crippen LogP contribution in [0, 0.1) is 0 Å². The molecule has 0 amide bonds. The van der Waals surface area contributed by atoms with Crippen molar-refractivity contribution in [1.29, 1.82) is 0 Å². The van der Waals surface area contributed by atoms with E-state index in [1.54, 1.807) is 31.5 Å². The van der Waals surface area contributed by atoms with E-state index in [0.29, 0.717) is 0 Å². The highest BCUT2D eigenvalue weighted by Crippen LogP contribution is 2.36. The standard InChI is InChI=1S/C12H17NO2S/c1-3-4-9-16-12(2,11(14)15)10-5-7-13-8-6-10/h5-8H,3-4,9H2,1-2H3,(H,14,15). The molecular formula is C12H17NO2S. The van der Waals surface area contributed by atoms with Gasteiger partial charge in [-0.15, -0.1) is 11.8 Å². The van der Waals surface area contributed by atoms with Gasteiger partial charge < -0.3 is 5.11 Å². The van der Waals surface area contributed by atoms with Gasteiger partial charge in [-0.2, -0.15) is 0 Å². The first-order valence-corrected chi connectivity index (χ1v) is 6.37. The van der Waals surface area contributed by atoms with Crippen molar-refractivity contribution in [1.82, 2.24) is 4.98 Å². The van der Waals surface area contributed by atoms with Crippen LogP contribution in [0.1, 0.15) is 32.3 Å². The molecule has 0 bridgehead atoms. The molecule has 1 aromatic rings. The molecule has 1 rings (SSSR count). The molecule has 4 heteroatoms. The summed E-state index contributed by atoms with van der Waals surface area (Å²) >= 11 is 1.48. The number of aliphatic carboxylic acids is 1. The molecule has 0 saturated carbocycles. The molecule has 0 aliphatic carbocycles. The molecule has 1 heterocycles. The highest BCUT2D eigenvalue weighted by Gasteiger charge is 2.35. The maximum atomic E-state index is 11.4. The fraction of sp³-hybridized carbons (Fsp3) is 0.500. The normalized spacial score (nSPS) is 14.4. The smallest absolute Gasteiger partial charge is 0.324 e. The first kappa shape index (κ1) is 13.0. The molecule has 1 atom stereocenters. The molecule has 0 aliphatic heterocycles. The van der Waals surface area contributed by atoms with Crippen LogP contribution >= 0.6 is 11.8 Å². The van der Waals surface area contributed by atoms with Crippen molar-refractivity contribution < 1.29 is 9.90 Å². The summed E-state index contributed by atoms with van der Waals surface area (Å²) in [4.78, 5) is 15.3. The molecule has 0 radical (unpaired) electrons. The minimum Gasteiger partial charge on any atom is -0.480 e.